The highest BCUT2D eigenvalue weighted by molar-refractivity contribution is 5.96. The molecule has 0 saturated carbocycles. The van der Waals surface area contributed by atoms with Gasteiger partial charge in [0.25, 0.3) is 11.8 Å². The third kappa shape index (κ3) is 4.22. The molecule has 2 aromatic carbocycles. The van der Waals surface area contributed by atoms with Crippen molar-refractivity contribution in [2.75, 3.05) is 39.9 Å². The lowest BCUT2D eigenvalue weighted by atomic mass is 10.1. The van der Waals surface area contributed by atoms with Crippen molar-refractivity contribution in [2.45, 2.75) is 6.92 Å². The molecule has 142 valence electrons. The zero-order valence-corrected chi connectivity index (χ0v) is 15.7. The Labute approximate surface area is 159 Å². The number of nitrogens with zero attached hydrogens (tertiary/aromatic N) is 2. The van der Waals surface area contributed by atoms with E-state index in [2.05, 4.69) is 0 Å². The van der Waals surface area contributed by atoms with E-state index in [0.717, 1.165) is 0 Å². The summed E-state index contributed by atoms with van der Waals surface area (Å²) in [5, 5.41) is 0. The van der Waals surface area contributed by atoms with Gasteiger partial charge in [-0.05, 0) is 37.3 Å². The fourth-order valence-electron chi connectivity index (χ4n) is 3.13. The standard InChI is InChI=1S/C21H24N2O4/c1-3-27-18-10-9-17(15-19(18)26-2)21(25)23-13-11-22(12-14-23)20(24)16-7-5-4-6-8-16/h4-10,15H,3,11-14H2,1-2H3. The summed E-state index contributed by atoms with van der Waals surface area (Å²) in [6.07, 6.45) is 0. The number of carbonyl (C=O) groups is 2. The topological polar surface area (TPSA) is 59.1 Å². The predicted molar refractivity (Wildman–Crippen MR) is 102 cm³/mol. The third-order valence-electron chi connectivity index (χ3n) is 4.59. The van der Waals surface area contributed by atoms with Crippen LogP contribution in [0.1, 0.15) is 27.6 Å². The van der Waals surface area contributed by atoms with Crippen LogP contribution in [-0.2, 0) is 0 Å². The Morgan fingerprint density at radius 1 is 0.852 bits per heavy atom. The Kier molecular flexibility index (Phi) is 5.96. The Hall–Kier alpha value is -3.02. The molecule has 0 bridgehead atoms. The number of ether oxygens (including phenoxy) is 2. The number of methoxy groups -OCH3 is 1. The van der Waals surface area contributed by atoms with Crippen molar-refractivity contribution < 1.29 is 19.1 Å². The largest absolute Gasteiger partial charge is 0.493 e. The van der Waals surface area contributed by atoms with Crippen LogP contribution in [0.25, 0.3) is 0 Å². The molecule has 0 aromatic heterocycles. The first kappa shape index (κ1) is 18.8. The van der Waals surface area contributed by atoms with Crippen molar-refractivity contribution in [1.82, 2.24) is 9.80 Å². The molecule has 1 saturated heterocycles. The second-order valence-corrected chi connectivity index (χ2v) is 6.25. The molecule has 0 radical (unpaired) electrons. The first-order valence-electron chi connectivity index (χ1n) is 9.08. The molecule has 27 heavy (non-hydrogen) atoms. The molecule has 3 rings (SSSR count). The molecule has 6 heteroatoms. The van der Waals surface area contributed by atoms with E-state index in [9.17, 15) is 9.59 Å². The molecule has 0 unspecified atom stereocenters. The monoisotopic (exact) mass is 368 g/mol. The smallest absolute Gasteiger partial charge is 0.254 e. The molecule has 0 N–H and O–H groups in total. The van der Waals surface area contributed by atoms with E-state index < -0.39 is 0 Å². The van der Waals surface area contributed by atoms with E-state index in [1.54, 1.807) is 35.1 Å². The van der Waals surface area contributed by atoms with Crippen molar-refractivity contribution in [1.29, 1.82) is 0 Å². The second-order valence-electron chi connectivity index (χ2n) is 6.25. The average Bonchev–Trinajstić information content (AvgIpc) is 2.74. The lowest BCUT2D eigenvalue weighted by Crippen LogP contribution is -2.50. The highest BCUT2D eigenvalue weighted by atomic mass is 16.5. The van der Waals surface area contributed by atoms with Crippen LogP contribution >= 0.6 is 0 Å². The molecule has 0 atom stereocenters. The van der Waals surface area contributed by atoms with Gasteiger partial charge in [0, 0.05) is 37.3 Å². The summed E-state index contributed by atoms with van der Waals surface area (Å²) in [5.74, 6) is 1.10. The van der Waals surface area contributed by atoms with E-state index in [1.165, 1.54) is 0 Å². The minimum Gasteiger partial charge on any atom is -0.493 e. The Morgan fingerprint density at radius 3 is 2.00 bits per heavy atom. The van der Waals surface area contributed by atoms with Crippen molar-refractivity contribution in [3.05, 3.63) is 59.7 Å². The van der Waals surface area contributed by atoms with Gasteiger partial charge in [-0.1, -0.05) is 18.2 Å². The zero-order chi connectivity index (χ0) is 19.2. The number of carbonyl (C=O) groups excluding carboxylic acids is 2. The van der Waals surface area contributed by atoms with Gasteiger partial charge < -0.3 is 19.3 Å². The molecule has 0 spiro atoms. The number of amides is 2. The average molecular weight is 368 g/mol. The van der Waals surface area contributed by atoms with Crippen LogP contribution in [0.2, 0.25) is 0 Å². The molecule has 0 aliphatic carbocycles. The van der Waals surface area contributed by atoms with Crippen LogP contribution in [-0.4, -0.2) is 61.5 Å². The van der Waals surface area contributed by atoms with Crippen molar-refractivity contribution in [2.24, 2.45) is 0 Å². The molecule has 6 nitrogen and oxygen atoms in total. The molecule has 1 fully saturated rings. The first-order valence-corrected chi connectivity index (χ1v) is 9.08. The number of piperazine rings is 1. The SMILES string of the molecule is CCOc1ccc(C(=O)N2CCN(C(=O)c3ccccc3)CC2)cc1OC. The highest BCUT2D eigenvalue weighted by Gasteiger charge is 2.26. The summed E-state index contributed by atoms with van der Waals surface area (Å²) in [6.45, 7) is 4.48. The Balaban J connectivity index is 1.64. The van der Waals surface area contributed by atoms with E-state index in [1.807, 2.05) is 37.3 Å². The fraction of sp³-hybridized carbons (Fsp3) is 0.333. The second kappa shape index (κ2) is 8.58. The van der Waals surface area contributed by atoms with Crippen molar-refractivity contribution in [3.8, 4) is 11.5 Å². The molecule has 1 heterocycles. The molecular weight excluding hydrogens is 344 g/mol. The van der Waals surface area contributed by atoms with Gasteiger partial charge in [0.1, 0.15) is 0 Å². The van der Waals surface area contributed by atoms with Crippen LogP contribution in [0.15, 0.2) is 48.5 Å². The van der Waals surface area contributed by atoms with Crippen LogP contribution in [0.3, 0.4) is 0 Å². The zero-order valence-electron chi connectivity index (χ0n) is 15.7. The predicted octanol–water partition coefficient (Wildman–Crippen LogP) is 2.69. The maximum absolute atomic E-state index is 12.8. The molecule has 2 aromatic rings. The van der Waals surface area contributed by atoms with Crippen LogP contribution in [0.5, 0.6) is 11.5 Å². The van der Waals surface area contributed by atoms with Gasteiger partial charge in [0.15, 0.2) is 11.5 Å². The lowest BCUT2D eigenvalue weighted by Gasteiger charge is -2.35. The van der Waals surface area contributed by atoms with Crippen LogP contribution in [0, 0.1) is 0 Å². The van der Waals surface area contributed by atoms with Gasteiger partial charge in [-0.25, -0.2) is 0 Å². The maximum atomic E-state index is 12.8. The van der Waals surface area contributed by atoms with Gasteiger partial charge >= 0.3 is 0 Å². The quantitative estimate of drug-likeness (QED) is 0.814. The van der Waals surface area contributed by atoms with Crippen molar-refractivity contribution in [3.63, 3.8) is 0 Å². The summed E-state index contributed by atoms with van der Waals surface area (Å²) in [5.41, 5.74) is 1.23. The van der Waals surface area contributed by atoms with Gasteiger partial charge in [-0.2, -0.15) is 0 Å². The van der Waals surface area contributed by atoms with Crippen LogP contribution < -0.4 is 9.47 Å². The number of hydrogen-bond acceptors (Lipinski definition) is 4. The minimum atomic E-state index is -0.0665. The number of hydrogen-bond donors (Lipinski definition) is 0. The summed E-state index contributed by atoms with van der Waals surface area (Å²) in [4.78, 5) is 28.9. The number of benzene rings is 2. The number of rotatable bonds is 5. The minimum absolute atomic E-state index is 0.00503. The molecule has 2 amide bonds. The highest BCUT2D eigenvalue weighted by Crippen LogP contribution is 2.28. The van der Waals surface area contributed by atoms with E-state index in [-0.39, 0.29) is 11.8 Å². The summed E-state index contributed by atoms with van der Waals surface area (Å²) < 4.78 is 10.8. The van der Waals surface area contributed by atoms with Crippen LogP contribution in [0.4, 0.5) is 0 Å². The normalized spacial score (nSPS) is 14.0. The lowest BCUT2D eigenvalue weighted by molar-refractivity contribution is 0.0535. The van der Waals surface area contributed by atoms with Crippen molar-refractivity contribution >= 4 is 11.8 Å². The molecule has 1 aliphatic rings. The summed E-state index contributed by atoms with van der Waals surface area (Å²) in [6, 6.07) is 14.4. The Bertz CT molecular complexity index is 799. The van der Waals surface area contributed by atoms with Gasteiger partial charge in [0.2, 0.25) is 0 Å². The molecule has 1 aliphatic heterocycles. The van der Waals surface area contributed by atoms with Gasteiger partial charge in [0.05, 0.1) is 13.7 Å². The summed E-state index contributed by atoms with van der Waals surface area (Å²) >= 11 is 0. The Morgan fingerprint density at radius 2 is 1.44 bits per heavy atom. The third-order valence-corrected chi connectivity index (χ3v) is 4.59. The van der Waals surface area contributed by atoms with E-state index in [4.69, 9.17) is 9.47 Å². The van der Waals surface area contributed by atoms with Gasteiger partial charge in [-0.15, -0.1) is 0 Å². The fourth-order valence-corrected chi connectivity index (χ4v) is 3.13. The maximum Gasteiger partial charge on any atom is 0.254 e. The van der Waals surface area contributed by atoms with Gasteiger partial charge in [-0.3, -0.25) is 9.59 Å². The van der Waals surface area contributed by atoms with E-state index >= 15 is 0 Å². The summed E-state index contributed by atoms with van der Waals surface area (Å²) in [7, 11) is 1.56. The first-order chi connectivity index (χ1) is 13.1. The molecular formula is C21H24N2O4. The van der Waals surface area contributed by atoms with E-state index in [0.29, 0.717) is 55.4 Å².